The van der Waals surface area contributed by atoms with E-state index in [1.807, 2.05) is 12.1 Å². The molecule has 0 aliphatic carbocycles. The summed E-state index contributed by atoms with van der Waals surface area (Å²) in [5.41, 5.74) is 0.832. The molecule has 0 saturated carbocycles. The van der Waals surface area contributed by atoms with Crippen molar-refractivity contribution in [1.82, 2.24) is 9.97 Å². The molecule has 4 N–H and O–H groups in total. The van der Waals surface area contributed by atoms with Crippen molar-refractivity contribution < 1.29 is 24.4 Å². The summed E-state index contributed by atoms with van der Waals surface area (Å²) in [4.78, 5) is 11.9. The normalized spacial score (nSPS) is 19.8. The van der Waals surface area contributed by atoms with Crippen LogP contribution in [0.3, 0.4) is 0 Å². The average Bonchev–Trinajstić information content (AvgIpc) is 2.71. The lowest BCUT2D eigenvalue weighted by Crippen LogP contribution is -3.28. The fourth-order valence-corrected chi connectivity index (χ4v) is 3.68. The van der Waals surface area contributed by atoms with Crippen LogP contribution in [0.1, 0.15) is 6.42 Å². The molecule has 8 nitrogen and oxygen atoms in total. The average molecular weight is 377 g/mol. The largest absolute Gasteiger partial charge is 0.493 e. The van der Waals surface area contributed by atoms with Gasteiger partial charge in [-0.3, -0.25) is 0 Å². The maximum atomic E-state index is 9.04. The molecule has 8 heteroatoms. The van der Waals surface area contributed by atoms with Gasteiger partial charge in [0.25, 0.3) is 0 Å². The van der Waals surface area contributed by atoms with Crippen LogP contribution in [0.25, 0.3) is 10.9 Å². The summed E-state index contributed by atoms with van der Waals surface area (Å²) in [5.74, 6) is 2.17. The lowest BCUT2D eigenvalue weighted by molar-refractivity contribution is -1.01. The highest BCUT2D eigenvalue weighted by molar-refractivity contribution is 5.91. The Kier molecular flexibility index (Phi) is 7.03. The van der Waals surface area contributed by atoms with Gasteiger partial charge in [0.15, 0.2) is 11.5 Å². The van der Waals surface area contributed by atoms with E-state index in [0.717, 1.165) is 55.9 Å². The zero-order chi connectivity index (χ0) is 19.1. The van der Waals surface area contributed by atoms with Crippen molar-refractivity contribution in [3.05, 3.63) is 18.5 Å². The van der Waals surface area contributed by atoms with Crippen LogP contribution in [0.15, 0.2) is 18.5 Å². The van der Waals surface area contributed by atoms with Crippen LogP contribution >= 0.6 is 0 Å². The number of fused-ring (bicyclic) bond motifs is 1. The predicted molar refractivity (Wildman–Crippen MR) is 104 cm³/mol. The van der Waals surface area contributed by atoms with Gasteiger partial charge in [-0.25, -0.2) is 9.97 Å². The number of aliphatic hydroxyl groups is 1. The minimum atomic E-state index is 0.290. The number of hydrogen-bond acceptors (Lipinski definition) is 6. The van der Waals surface area contributed by atoms with Gasteiger partial charge in [-0.15, -0.1) is 0 Å². The lowest BCUT2D eigenvalue weighted by atomic mass is 10.2. The molecular weight excluding hydrogens is 346 g/mol. The first-order valence-electron chi connectivity index (χ1n) is 9.63. The van der Waals surface area contributed by atoms with Crippen molar-refractivity contribution in [3.63, 3.8) is 0 Å². The third kappa shape index (κ3) is 4.97. The van der Waals surface area contributed by atoms with Gasteiger partial charge in [0.2, 0.25) is 0 Å². The molecule has 1 saturated heterocycles. The summed E-state index contributed by atoms with van der Waals surface area (Å²) in [6, 6.07) is 3.80. The van der Waals surface area contributed by atoms with E-state index in [0.29, 0.717) is 11.5 Å². The molecule has 0 unspecified atom stereocenters. The SMILES string of the molecule is COc1cc2ncnc(NCCC[NH+]3CC[NH+](CCO)CC3)c2cc1OC. The Morgan fingerprint density at radius 1 is 1.00 bits per heavy atom. The summed E-state index contributed by atoms with van der Waals surface area (Å²) in [7, 11) is 3.25. The Balaban J connectivity index is 1.53. The van der Waals surface area contributed by atoms with E-state index in [1.54, 1.807) is 25.4 Å². The molecule has 2 aromatic rings. The monoisotopic (exact) mass is 377 g/mol. The molecule has 1 fully saturated rings. The highest BCUT2D eigenvalue weighted by Crippen LogP contribution is 2.33. The fourth-order valence-electron chi connectivity index (χ4n) is 3.68. The van der Waals surface area contributed by atoms with Crippen molar-refractivity contribution in [2.24, 2.45) is 0 Å². The third-order valence-electron chi connectivity index (χ3n) is 5.27. The van der Waals surface area contributed by atoms with E-state index in [-0.39, 0.29) is 6.61 Å². The second-order valence-corrected chi connectivity index (χ2v) is 6.95. The first-order valence-corrected chi connectivity index (χ1v) is 9.63. The second kappa shape index (κ2) is 9.68. The minimum Gasteiger partial charge on any atom is -0.493 e. The molecule has 3 rings (SSSR count). The van der Waals surface area contributed by atoms with Crippen LogP contribution in [-0.2, 0) is 0 Å². The van der Waals surface area contributed by atoms with Crippen LogP contribution in [0, 0.1) is 0 Å². The Morgan fingerprint density at radius 2 is 1.67 bits per heavy atom. The van der Waals surface area contributed by atoms with Crippen molar-refractivity contribution in [1.29, 1.82) is 0 Å². The second-order valence-electron chi connectivity index (χ2n) is 6.95. The molecule has 0 atom stereocenters. The number of quaternary nitrogens is 2. The van der Waals surface area contributed by atoms with Crippen LogP contribution < -0.4 is 24.6 Å². The number of rotatable bonds is 9. The summed E-state index contributed by atoms with van der Waals surface area (Å²) in [5, 5.41) is 13.4. The Hall–Kier alpha value is -2.16. The minimum absolute atomic E-state index is 0.290. The van der Waals surface area contributed by atoms with Gasteiger partial charge in [-0.1, -0.05) is 0 Å². The van der Waals surface area contributed by atoms with E-state index in [9.17, 15) is 0 Å². The quantitative estimate of drug-likeness (QED) is 0.387. The maximum Gasteiger partial charge on any atom is 0.162 e. The van der Waals surface area contributed by atoms with E-state index >= 15 is 0 Å². The van der Waals surface area contributed by atoms with E-state index in [2.05, 4.69) is 15.3 Å². The zero-order valence-corrected chi connectivity index (χ0v) is 16.3. The van der Waals surface area contributed by atoms with E-state index in [1.165, 1.54) is 18.0 Å². The number of hydrogen-bond donors (Lipinski definition) is 4. The molecule has 2 heterocycles. The van der Waals surface area contributed by atoms with Crippen molar-refractivity contribution in [2.75, 3.05) is 72.0 Å². The zero-order valence-electron chi connectivity index (χ0n) is 16.3. The number of aliphatic hydroxyl groups excluding tert-OH is 1. The molecule has 1 aromatic carbocycles. The van der Waals surface area contributed by atoms with Crippen LogP contribution in [0.4, 0.5) is 5.82 Å². The number of piperazine rings is 1. The molecule has 0 bridgehead atoms. The number of benzene rings is 1. The molecule has 0 amide bonds. The molecule has 0 spiro atoms. The molecule has 27 heavy (non-hydrogen) atoms. The van der Waals surface area contributed by atoms with E-state index in [4.69, 9.17) is 14.6 Å². The van der Waals surface area contributed by atoms with Gasteiger partial charge in [-0.05, 0) is 6.07 Å². The summed E-state index contributed by atoms with van der Waals surface area (Å²) < 4.78 is 10.7. The van der Waals surface area contributed by atoms with Crippen LogP contribution in [0.2, 0.25) is 0 Å². The third-order valence-corrected chi connectivity index (χ3v) is 5.27. The lowest BCUT2D eigenvalue weighted by Gasteiger charge is -2.29. The molecule has 1 aliphatic rings. The molecular formula is C19H31N5O3+2. The maximum absolute atomic E-state index is 9.04. The van der Waals surface area contributed by atoms with Crippen molar-refractivity contribution in [3.8, 4) is 11.5 Å². The molecule has 1 aromatic heterocycles. The number of anilines is 1. The van der Waals surface area contributed by atoms with Gasteiger partial charge in [0.05, 0.1) is 32.9 Å². The number of ether oxygens (including phenoxy) is 2. The van der Waals surface area contributed by atoms with Crippen LogP contribution in [0.5, 0.6) is 11.5 Å². The number of nitrogens with zero attached hydrogens (tertiary/aromatic N) is 2. The van der Waals surface area contributed by atoms with Crippen molar-refractivity contribution >= 4 is 16.7 Å². The Morgan fingerprint density at radius 3 is 2.33 bits per heavy atom. The molecule has 1 aliphatic heterocycles. The molecule has 0 radical (unpaired) electrons. The first kappa shape index (κ1) is 19.6. The first-order chi connectivity index (χ1) is 13.2. The summed E-state index contributed by atoms with van der Waals surface area (Å²) >= 11 is 0. The summed E-state index contributed by atoms with van der Waals surface area (Å²) in [6.45, 7) is 7.87. The topological polar surface area (TPSA) is 85.4 Å². The fraction of sp³-hybridized carbons (Fsp3) is 0.579. The van der Waals surface area contributed by atoms with Gasteiger partial charge in [0, 0.05) is 24.4 Å². The summed E-state index contributed by atoms with van der Waals surface area (Å²) in [6.07, 6.45) is 2.66. The van der Waals surface area contributed by atoms with Gasteiger partial charge < -0.3 is 29.7 Å². The number of methoxy groups -OCH3 is 2. The number of aromatic nitrogens is 2. The van der Waals surface area contributed by atoms with E-state index < -0.39 is 0 Å². The van der Waals surface area contributed by atoms with Gasteiger partial charge in [-0.2, -0.15) is 0 Å². The van der Waals surface area contributed by atoms with Gasteiger partial charge in [0.1, 0.15) is 44.9 Å². The highest BCUT2D eigenvalue weighted by atomic mass is 16.5. The Bertz CT molecular complexity index is 735. The predicted octanol–water partition coefficient (Wildman–Crippen LogP) is -1.78. The Labute approximate surface area is 160 Å². The van der Waals surface area contributed by atoms with Gasteiger partial charge >= 0.3 is 0 Å². The number of nitrogens with one attached hydrogen (secondary N) is 3. The van der Waals surface area contributed by atoms with Crippen LogP contribution in [-0.4, -0.2) is 81.7 Å². The van der Waals surface area contributed by atoms with Crippen molar-refractivity contribution in [2.45, 2.75) is 6.42 Å². The standard InChI is InChI=1S/C19H29N5O3/c1-26-17-12-15-16(13-18(17)27-2)21-14-22-19(15)20-4-3-5-23-6-8-24(9-7-23)10-11-25/h12-14,25H,3-11H2,1-2H3,(H,20,21,22)/p+2. The smallest absolute Gasteiger partial charge is 0.162 e. The highest BCUT2D eigenvalue weighted by Gasteiger charge is 2.21. The molecule has 148 valence electrons.